The van der Waals surface area contributed by atoms with Crippen LogP contribution in [0.1, 0.15) is 11.3 Å². The first-order chi connectivity index (χ1) is 9.70. The van der Waals surface area contributed by atoms with Gasteiger partial charge in [0.15, 0.2) is 5.82 Å². The molecule has 0 fully saturated rings. The van der Waals surface area contributed by atoms with Crippen molar-refractivity contribution < 1.29 is 18.1 Å². The molecule has 0 saturated heterocycles. The summed E-state index contributed by atoms with van der Waals surface area (Å²) >= 11 is 0. The molecule has 2 rings (SSSR count). The van der Waals surface area contributed by atoms with Gasteiger partial charge in [0.2, 0.25) is 0 Å². The summed E-state index contributed by atoms with van der Waals surface area (Å²) in [7, 11) is 0. The zero-order chi connectivity index (χ0) is 15.8. The standard InChI is InChI=1S/C10H7F3N6O2/c11-10(12,13)7-2-1-6(8(14)15)9(17-7)18-4-5(3-16-18)19(20)21/h1-4H,(H3,14,15). The van der Waals surface area contributed by atoms with Gasteiger partial charge in [-0.2, -0.15) is 18.3 Å². The molecular formula is C10H7F3N6O2. The molecule has 0 radical (unpaired) electrons. The van der Waals surface area contributed by atoms with E-state index < -0.39 is 34.1 Å². The summed E-state index contributed by atoms with van der Waals surface area (Å²) in [6, 6.07) is 1.62. The predicted molar refractivity (Wildman–Crippen MR) is 64.0 cm³/mol. The van der Waals surface area contributed by atoms with Crippen molar-refractivity contribution in [3.05, 3.63) is 45.9 Å². The Bertz CT molecular complexity index is 724. The highest BCUT2D eigenvalue weighted by Crippen LogP contribution is 2.29. The highest BCUT2D eigenvalue weighted by molar-refractivity contribution is 5.97. The predicted octanol–water partition coefficient (Wildman–Crippen LogP) is 1.48. The number of halogens is 3. The normalized spacial score (nSPS) is 11.4. The monoisotopic (exact) mass is 300 g/mol. The van der Waals surface area contributed by atoms with Crippen LogP contribution in [0.4, 0.5) is 18.9 Å². The summed E-state index contributed by atoms with van der Waals surface area (Å²) in [5.74, 6) is -0.949. The molecule has 0 saturated carbocycles. The number of hydrogen-bond acceptors (Lipinski definition) is 5. The number of amidine groups is 1. The summed E-state index contributed by atoms with van der Waals surface area (Å²) in [4.78, 5) is 13.2. The maximum absolute atomic E-state index is 12.7. The zero-order valence-corrected chi connectivity index (χ0v) is 10.1. The molecule has 21 heavy (non-hydrogen) atoms. The maximum Gasteiger partial charge on any atom is 0.433 e. The number of nitrogen functional groups attached to an aromatic ring is 1. The molecule has 0 aliphatic heterocycles. The van der Waals surface area contributed by atoms with Crippen molar-refractivity contribution in [1.29, 1.82) is 5.41 Å². The van der Waals surface area contributed by atoms with Gasteiger partial charge in [0.05, 0.1) is 10.5 Å². The second-order valence-electron chi connectivity index (χ2n) is 3.88. The first-order valence-corrected chi connectivity index (χ1v) is 5.32. The Morgan fingerprint density at radius 1 is 1.43 bits per heavy atom. The van der Waals surface area contributed by atoms with Gasteiger partial charge in [-0.25, -0.2) is 9.67 Å². The van der Waals surface area contributed by atoms with Crippen molar-refractivity contribution in [2.75, 3.05) is 0 Å². The lowest BCUT2D eigenvalue weighted by Gasteiger charge is -2.11. The molecule has 8 nitrogen and oxygen atoms in total. The molecular weight excluding hydrogens is 293 g/mol. The SMILES string of the molecule is N=C(N)c1ccc(C(F)(F)F)nc1-n1cc([N+](=O)[O-])cn1. The molecule has 2 heterocycles. The Labute approximate surface area is 114 Å². The van der Waals surface area contributed by atoms with Gasteiger partial charge >= 0.3 is 11.9 Å². The molecule has 110 valence electrons. The van der Waals surface area contributed by atoms with E-state index in [0.29, 0.717) is 6.07 Å². The number of pyridine rings is 1. The van der Waals surface area contributed by atoms with Gasteiger partial charge in [0.1, 0.15) is 23.9 Å². The molecule has 0 bridgehead atoms. The van der Waals surface area contributed by atoms with E-state index in [-0.39, 0.29) is 5.56 Å². The van der Waals surface area contributed by atoms with Gasteiger partial charge in [-0.05, 0) is 12.1 Å². The van der Waals surface area contributed by atoms with E-state index in [0.717, 1.165) is 23.1 Å². The fourth-order valence-corrected chi connectivity index (χ4v) is 1.51. The van der Waals surface area contributed by atoms with Crippen molar-refractivity contribution in [3.63, 3.8) is 0 Å². The summed E-state index contributed by atoms with van der Waals surface area (Å²) in [6.45, 7) is 0. The Hall–Kier alpha value is -2.98. The minimum Gasteiger partial charge on any atom is -0.384 e. The Balaban J connectivity index is 2.62. The highest BCUT2D eigenvalue weighted by Gasteiger charge is 2.33. The van der Waals surface area contributed by atoms with Crippen LogP contribution in [0, 0.1) is 15.5 Å². The Kier molecular flexibility index (Phi) is 3.33. The smallest absolute Gasteiger partial charge is 0.384 e. The third-order valence-corrected chi connectivity index (χ3v) is 2.45. The number of nitrogens with zero attached hydrogens (tertiary/aromatic N) is 4. The second kappa shape index (κ2) is 4.85. The van der Waals surface area contributed by atoms with Crippen LogP contribution in [0.2, 0.25) is 0 Å². The molecule has 2 aromatic rings. The average molecular weight is 300 g/mol. The fourth-order valence-electron chi connectivity index (χ4n) is 1.51. The second-order valence-corrected chi connectivity index (χ2v) is 3.88. The zero-order valence-electron chi connectivity index (χ0n) is 10.1. The number of nitrogens with one attached hydrogen (secondary N) is 1. The molecule has 0 aliphatic carbocycles. The third kappa shape index (κ3) is 2.80. The first kappa shape index (κ1) is 14.4. The molecule has 2 aromatic heterocycles. The topological polar surface area (TPSA) is 124 Å². The number of rotatable bonds is 3. The van der Waals surface area contributed by atoms with Crippen LogP contribution in [0.15, 0.2) is 24.5 Å². The highest BCUT2D eigenvalue weighted by atomic mass is 19.4. The van der Waals surface area contributed by atoms with Crippen molar-refractivity contribution >= 4 is 11.5 Å². The number of alkyl halides is 3. The largest absolute Gasteiger partial charge is 0.433 e. The van der Waals surface area contributed by atoms with Gasteiger partial charge in [0.25, 0.3) is 0 Å². The van der Waals surface area contributed by atoms with E-state index in [4.69, 9.17) is 11.1 Å². The quantitative estimate of drug-likeness (QED) is 0.384. The minimum absolute atomic E-state index is 0.124. The van der Waals surface area contributed by atoms with Crippen LogP contribution in [-0.2, 0) is 6.18 Å². The van der Waals surface area contributed by atoms with Crippen LogP contribution in [0.5, 0.6) is 0 Å². The number of aromatic nitrogens is 3. The van der Waals surface area contributed by atoms with Gasteiger partial charge in [0, 0.05) is 0 Å². The lowest BCUT2D eigenvalue weighted by Crippen LogP contribution is -2.19. The minimum atomic E-state index is -4.71. The Morgan fingerprint density at radius 2 is 2.10 bits per heavy atom. The van der Waals surface area contributed by atoms with E-state index in [9.17, 15) is 23.3 Å². The molecule has 0 atom stereocenters. The van der Waals surface area contributed by atoms with Crippen LogP contribution in [0.25, 0.3) is 5.82 Å². The van der Waals surface area contributed by atoms with Crippen LogP contribution < -0.4 is 5.73 Å². The van der Waals surface area contributed by atoms with Gasteiger partial charge in [-0.1, -0.05) is 0 Å². The van der Waals surface area contributed by atoms with Crippen molar-refractivity contribution in [2.24, 2.45) is 5.73 Å². The van der Waals surface area contributed by atoms with Crippen molar-refractivity contribution in [1.82, 2.24) is 14.8 Å². The molecule has 0 aromatic carbocycles. The van der Waals surface area contributed by atoms with Crippen LogP contribution in [-0.4, -0.2) is 25.5 Å². The molecule has 0 spiro atoms. The van der Waals surface area contributed by atoms with Crippen LogP contribution >= 0.6 is 0 Å². The average Bonchev–Trinajstić information content (AvgIpc) is 2.86. The summed E-state index contributed by atoms with van der Waals surface area (Å²) in [5, 5.41) is 21.5. The summed E-state index contributed by atoms with van der Waals surface area (Å²) < 4.78 is 38.8. The summed E-state index contributed by atoms with van der Waals surface area (Å²) in [6.07, 6.45) is -2.97. The number of nitro groups is 1. The van der Waals surface area contributed by atoms with Gasteiger partial charge < -0.3 is 5.73 Å². The third-order valence-electron chi connectivity index (χ3n) is 2.45. The fraction of sp³-hybridized carbons (Fsp3) is 0.100. The molecule has 0 amide bonds. The van der Waals surface area contributed by atoms with Crippen molar-refractivity contribution in [2.45, 2.75) is 6.18 Å². The summed E-state index contributed by atoms with van der Waals surface area (Å²) in [5.41, 5.74) is 3.49. The van der Waals surface area contributed by atoms with E-state index in [1.807, 2.05) is 0 Å². The lowest BCUT2D eigenvalue weighted by atomic mass is 10.2. The van der Waals surface area contributed by atoms with Gasteiger partial charge in [-0.15, -0.1) is 0 Å². The van der Waals surface area contributed by atoms with E-state index in [1.54, 1.807) is 0 Å². The van der Waals surface area contributed by atoms with Crippen LogP contribution in [0.3, 0.4) is 0 Å². The van der Waals surface area contributed by atoms with E-state index in [2.05, 4.69) is 10.1 Å². The van der Waals surface area contributed by atoms with Gasteiger partial charge in [-0.3, -0.25) is 15.5 Å². The number of hydrogen-bond donors (Lipinski definition) is 2. The molecule has 11 heteroatoms. The first-order valence-electron chi connectivity index (χ1n) is 5.32. The van der Waals surface area contributed by atoms with E-state index in [1.165, 1.54) is 0 Å². The molecule has 0 unspecified atom stereocenters. The van der Waals surface area contributed by atoms with Crippen molar-refractivity contribution in [3.8, 4) is 5.82 Å². The lowest BCUT2D eigenvalue weighted by molar-refractivity contribution is -0.384. The van der Waals surface area contributed by atoms with E-state index >= 15 is 0 Å². The molecule has 0 aliphatic rings. The maximum atomic E-state index is 12.7. The molecule has 3 N–H and O–H groups in total. The Morgan fingerprint density at radius 3 is 2.57 bits per heavy atom. The number of nitrogens with two attached hydrogens (primary N) is 1.